The molecule has 19 heavy (non-hydrogen) atoms. The van der Waals surface area contributed by atoms with Crippen LogP contribution in [0.4, 0.5) is 5.82 Å². The number of nitriles is 1. The summed E-state index contributed by atoms with van der Waals surface area (Å²) < 4.78 is 6.89. The monoisotopic (exact) mass is 254 g/mol. The van der Waals surface area contributed by atoms with Crippen molar-refractivity contribution in [2.45, 2.75) is 13.5 Å². The lowest BCUT2D eigenvalue weighted by Crippen LogP contribution is -1.98. The number of aromatic nitrogens is 2. The van der Waals surface area contributed by atoms with Crippen molar-refractivity contribution in [3.8, 4) is 6.07 Å². The molecule has 0 bridgehead atoms. The number of hydrogen-bond donors (Lipinski definition) is 0. The molecule has 0 saturated carbocycles. The third-order valence-corrected chi connectivity index (χ3v) is 2.53. The van der Waals surface area contributed by atoms with E-state index in [9.17, 15) is 0 Å². The van der Waals surface area contributed by atoms with Crippen LogP contribution in [0.15, 0.2) is 41.7 Å². The van der Waals surface area contributed by atoms with Gasteiger partial charge in [0.25, 0.3) is 0 Å². The molecule has 2 aromatic rings. The second-order valence-corrected chi connectivity index (χ2v) is 3.83. The van der Waals surface area contributed by atoms with E-state index in [0.717, 1.165) is 5.56 Å². The SMILES string of the molecule is CCOC=Nc1c(C#N)ncn1Cc1ccccc1. The Kier molecular flexibility index (Phi) is 4.29. The van der Waals surface area contributed by atoms with Crippen LogP contribution in [0.2, 0.25) is 0 Å². The van der Waals surface area contributed by atoms with Crippen LogP contribution in [0.5, 0.6) is 0 Å². The lowest BCUT2D eigenvalue weighted by atomic mass is 10.2. The van der Waals surface area contributed by atoms with Gasteiger partial charge in [-0.25, -0.2) is 4.98 Å². The van der Waals surface area contributed by atoms with E-state index in [2.05, 4.69) is 9.98 Å². The number of rotatable bonds is 5. The molecule has 96 valence electrons. The van der Waals surface area contributed by atoms with Crippen LogP contribution >= 0.6 is 0 Å². The highest BCUT2D eigenvalue weighted by Gasteiger charge is 2.09. The Labute approximate surface area is 111 Å². The molecule has 0 aliphatic carbocycles. The summed E-state index contributed by atoms with van der Waals surface area (Å²) >= 11 is 0. The summed E-state index contributed by atoms with van der Waals surface area (Å²) in [5, 5.41) is 9.01. The predicted octanol–water partition coefficient (Wildman–Crippen LogP) is 2.50. The molecule has 0 radical (unpaired) electrons. The first-order valence-corrected chi connectivity index (χ1v) is 5.98. The Bertz CT molecular complexity index is 596. The van der Waals surface area contributed by atoms with Gasteiger partial charge in [-0.1, -0.05) is 30.3 Å². The Morgan fingerprint density at radius 2 is 2.21 bits per heavy atom. The van der Waals surface area contributed by atoms with Gasteiger partial charge < -0.3 is 9.30 Å². The highest BCUT2D eigenvalue weighted by atomic mass is 16.5. The molecule has 0 atom stereocenters. The summed E-state index contributed by atoms with van der Waals surface area (Å²) in [6, 6.07) is 12.0. The van der Waals surface area contributed by atoms with Crippen LogP contribution in [0, 0.1) is 11.3 Å². The topological polar surface area (TPSA) is 63.2 Å². The third-order valence-electron chi connectivity index (χ3n) is 2.53. The van der Waals surface area contributed by atoms with E-state index in [1.54, 1.807) is 6.33 Å². The lowest BCUT2D eigenvalue weighted by molar-refractivity contribution is 0.343. The predicted molar refractivity (Wildman–Crippen MR) is 72.3 cm³/mol. The van der Waals surface area contributed by atoms with Crippen molar-refractivity contribution in [2.75, 3.05) is 6.61 Å². The van der Waals surface area contributed by atoms with Crippen LogP contribution in [0.1, 0.15) is 18.2 Å². The van der Waals surface area contributed by atoms with Crippen LogP contribution < -0.4 is 0 Å². The quantitative estimate of drug-likeness (QED) is 0.608. The zero-order valence-electron chi connectivity index (χ0n) is 10.7. The smallest absolute Gasteiger partial charge is 0.185 e. The summed E-state index contributed by atoms with van der Waals surface area (Å²) in [4.78, 5) is 8.20. The zero-order valence-corrected chi connectivity index (χ0v) is 10.7. The molecule has 1 aromatic heterocycles. The van der Waals surface area contributed by atoms with E-state index in [4.69, 9.17) is 10.00 Å². The molecule has 5 nitrogen and oxygen atoms in total. The number of imidazole rings is 1. The molecule has 0 fully saturated rings. The summed E-state index contributed by atoms with van der Waals surface area (Å²) in [6.45, 7) is 3.03. The summed E-state index contributed by atoms with van der Waals surface area (Å²) in [5.74, 6) is 0.514. The summed E-state index contributed by atoms with van der Waals surface area (Å²) in [7, 11) is 0. The van der Waals surface area contributed by atoms with Crippen molar-refractivity contribution in [1.82, 2.24) is 9.55 Å². The molecule has 0 saturated heterocycles. The van der Waals surface area contributed by atoms with Gasteiger partial charge in [0.2, 0.25) is 0 Å². The second-order valence-electron chi connectivity index (χ2n) is 3.83. The van der Waals surface area contributed by atoms with Crippen LogP contribution in [-0.2, 0) is 11.3 Å². The third kappa shape index (κ3) is 3.19. The van der Waals surface area contributed by atoms with Gasteiger partial charge in [0.15, 0.2) is 17.9 Å². The van der Waals surface area contributed by atoms with E-state index in [1.807, 2.05) is 47.9 Å². The molecule has 0 unspecified atom stereocenters. The van der Waals surface area contributed by atoms with E-state index < -0.39 is 0 Å². The summed E-state index contributed by atoms with van der Waals surface area (Å²) in [6.07, 6.45) is 2.96. The normalized spacial score (nSPS) is 10.5. The molecular weight excluding hydrogens is 240 g/mol. The molecule has 0 aliphatic rings. The minimum Gasteiger partial charge on any atom is -0.483 e. The average Bonchev–Trinajstić information content (AvgIpc) is 2.83. The Balaban J connectivity index is 2.26. The molecule has 0 amide bonds. The first-order chi connectivity index (χ1) is 9.35. The molecule has 0 spiro atoms. The van der Waals surface area contributed by atoms with Gasteiger partial charge >= 0.3 is 0 Å². The molecule has 0 aliphatic heterocycles. The van der Waals surface area contributed by atoms with Crippen LogP contribution in [0.25, 0.3) is 0 Å². The maximum Gasteiger partial charge on any atom is 0.185 e. The van der Waals surface area contributed by atoms with Crippen molar-refractivity contribution < 1.29 is 4.74 Å². The highest BCUT2D eigenvalue weighted by Crippen LogP contribution is 2.18. The fourth-order valence-electron chi connectivity index (χ4n) is 1.65. The van der Waals surface area contributed by atoms with Gasteiger partial charge in [0.1, 0.15) is 6.07 Å². The lowest BCUT2D eigenvalue weighted by Gasteiger charge is -2.04. The Morgan fingerprint density at radius 1 is 1.42 bits per heavy atom. The minimum absolute atomic E-state index is 0.298. The number of hydrogen-bond acceptors (Lipinski definition) is 4. The number of benzene rings is 1. The second kappa shape index (κ2) is 6.36. The molecule has 1 heterocycles. The van der Waals surface area contributed by atoms with Crippen molar-refractivity contribution in [3.63, 3.8) is 0 Å². The standard InChI is InChI=1S/C14H14N4O/c1-2-19-11-17-14-13(8-15)16-10-18(14)9-12-6-4-3-5-7-12/h3-7,10-11H,2,9H2,1H3. The van der Waals surface area contributed by atoms with Crippen molar-refractivity contribution in [1.29, 1.82) is 5.26 Å². The number of aliphatic imine (C=N–C) groups is 1. The summed E-state index contributed by atoms with van der Waals surface area (Å²) in [5.41, 5.74) is 1.42. The van der Waals surface area contributed by atoms with E-state index in [-0.39, 0.29) is 0 Å². The van der Waals surface area contributed by atoms with Crippen LogP contribution in [-0.4, -0.2) is 22.6 Å². The highest BCUT2D eigenvalue weighted by molar-refractivity contribution is 5.57. The molecular formula is C14H14N4O. The van der Waals surface area contributed by atoms with Crippen molar-refractivity contribution in [2.24, 2.45) is 4.99 Å². The van der Waals surface area contributed by atoms with Crippen LogP contribution in [0.3, 0.4) is 0 Å². The average molecular weight is 254 g/mol. The van der Waals surface area contributed by atoms with Gasteiger partial charge in [0, 0.05) is 0 Å². The maximum atomic E-state index is 9.01. The van der Waals surface area contributed by atoms with E-state index in [0.29, 0.717) is 24.7 Å². The van der Waals surface area contributed by atoms with Gasteiger partial charge in [0.05, 0.1) is 19.5 Å². The van der Waals surface area contributed by atoms with E-state index >= 15 is 0 Å². The molecule has 0 N–H and O–H groups in total. The Morgan fingerprint density at radius 3 is 2.89 bits per heavy atom. The van der Waals surface area contributed by atoms with Gasteiger partial charge in [-0.05, 0) is 12.5 Å². The molecule has 2 rings (SSSR count). The maximum absolute atomic E-state index is 9.01. The van der Waals surface area contributed by atoms with Crippen molar-refractivity contribution >= 4 is 12.2 Å². The Hall–Kier alpha value is -2.61. The fraction of sp³-hybridized carbons (Fsp3) is 0.214. The fourth-order valence-corrected chi connectivity index (χ4v) is 1.65. The minimum atomic E-state index is 0.298. The van der Waals surface area contributed by atoms with Crippen molar-refractivity contribution in [3.05, 3.63) is 47.9 Å². The number of nitrogens with zero attached hydrogens (tertiary/aromatic N) is 4. The molecule has 1 aromatic carbocycles. The zero-order chi connectivity index (χ0) is 13.5. The largest absolute Gasteiger partial charge is 0.483 e. The number of ether oxygens (including phenoxy) is 1. The first-order valence-electron chi connectivity index (χ1n) is 5.98. The van der Waals surface area contributed by atoms with E-state index in [1.165, 1.54) is 6.40 Å². The van der Waals surface area contributed by atoms with Gasteiger partial charge in [-0.15, -0.1) is 0 Å². The first kappa shape index (κ1) is 12.8. The van der Waals surface area contributed by atoms with Gasteiger partial charge in [-0.2, -0.15) is 10.3 Å². The van der Waals surface area contributed by atoms with Gasteiger partial charge in [-0.3, -0.25) is 0 Å². The molecule has 5 heteroatoms.